The molecule has 1 amide bonds. The van der Waals surface area contributed by atoms with E-state index in [4.69, 9.17) is 11.6 Å². The molecule has 12 heteroatoms. The smallest absolute Gasteiger partial charge is 0.253 e. The Kier molecular flexibility index (Phi) is 6.38. The summed E-state index contributed by atoms with van der Waals surface area (Å²) in [4.78, 5) is 23.9. The molecule has 0 bridgehead atoms. The van der Waals surface area contributed by atoms with Gasteiger partial charge in [0.25, 0.3) is 10.0 Å². The third kappa shape index (κ3) is 4.46. The minimum atomic E-state index is -3.89. The molecule has 0 saturated carbocycles. The molecular formula is C22H18ClFN4O3S3. The van der Waals surface area contributed by atoms with Gasteiger partial charge < -0.3 is 0 Å². The molecule has 1 unspecified atom stereocenters. The maximum atomic E-state index is 13.9. The number of carbonyl (C=O) groups excluding carboxylic acids is 1. The van der Waals surface area contributed by atoms with Crippen molar-refractivity contribution >= 4 is 65.6 Å². The van der Waals surface area contributed by atoms with Crippen molar-refractivity contribution in [1.82, 2.24) is 14.3 Å². The summed E-state index contributed by atoms with van der Waals surface area (Å²) in [7, 11) is -3.89. The molecule has 1 aromatic carbocycles. The zero-order valence-corrected chi connectivity index (χ0v) is 20.8. The number of halogens is 2. The molecule has 4 heterocycles. The molecule has 0 spiro atoms. The lowest BCUT2D eigenvalue weighted by Gasteiger charge is -2.28. The van der Waals surface area contributed by atoms with Crippen LogP contribution < -0.4 is 4.90 Å². The van der Waals surface area contributed by atoms with Gasteiger partial charge >= 0.3 is 0 Å². The molecule has 1 aliphatic rings. The monoisotopic (exact) mass is 536 g/mol. The zero-order valence-electron chi connectivity index (χ0n) is 17.6. The lowest BCUT2D eigenvalue weighted by Crippen LogP contribution is -2.47. The van der Waals surface area contributed by atoms with Gasteiger partial charge in [-0.3, -0.25) is 14.7 Å². The Bertz CT molecular complexity index is 1460. The van der Waals surface area contributed by atoms with Crippen LogP contribution in [0.4, 0.5) is 9.52 Å². The Morgan fingerprint density at radius 1 is 1.18 bits per heavy atom. The number of sulfonamides is 1. The number of aromatic nitrogens is 2. The van der Waals surface area contributed by atoms with Gasteiger partial charge in [0.2, 0.25) is 5.91 Å². The summed E-state index contributed by atoms with van der Waals surface area (Å²) in [6.45, 7) is 0.418. The summed E-state index contributed by atoms with van der Waals surface area (Å²) >= 11 is 8.12. The highest BCUT2D eigenvalue weighted by Gasteiger charge is 2.42. The molecule has 0 radical (unpaired) electrons. The van der Waals surface area contributed by atoms with Gasteiger partial charge in [0.05, 0.1) is 21.1 Å². The van der Waals surface area contributed by atoms with E-state index in [0.29, 0.717) is 32.5 Å². The maximum Gasteiger partial charge on any atom is 0.253 e. The lowest BCUT2D eigenvalue weighted by molar-refractivity contribution is -0.121. The summed E-state index contributed by atoms with van der Waals surface area (Å²) in [5.74, 6) is -0.766. The molecule has 3 aromatic heterocycles. The van der Waals surface area contributed by atoms with E-state index < -0.39 is 21.9 Å². The van der Waals surface area contributed by atoms with Crippen LogP contribution in [0.1, 0.15) is 18.4 Å². The van der Waals surface area contributed by atoms with Crippen molar-refractivity contribution < 1.29 is 17.6 Å². The fourth-order valence-corrected chi connectivity index (χ4v) is 8.18. The second-order valence-electron chi connectivity index (χ2n) is 7.72. The molecule has 0 N–H and O–H groups in total. The molecule has 1 atom stereocenters. The van der Waals surface area contributed by atoms with Gasteiger partial charge in [-0.1, -0.05) is 22.9 Å². The molecule has 0 aliphatic carbocycles. The Hall–Kier alpha value is -2.44. The average molecular weight is 537 g/mol. The number of amides is 1. The Labute approximate surface area is 208 Å². The van der Waals surface area contributed by atoms with Crippen LogP contribution in [0.25, 0.3) is 10.2 Å². The SMILES string of the molecule is O=C(C1CCCN1S(=O)(=O)c1ccc(Cl)s1)N(Cc1ccncc1)c1nc2ccc(F)cc2s1. The molecule has 7 nitrogen and oxygen atoms in total. The van der Waals surface area contributed by atoms with Crippen LogP contribution >= 0.6 is 34.3 Å². The van der Waals surface area contributed by atoms with E-state index in [1.807, 2.05) is 0 Å². The molecule has 1 saturated heterocycles. The number of nitrogens with zero attached hydrogens (tertiary/aromatic N) is 4. The van der Waals surface area contributed by atoms with Gasteiger partial charge in [0, 0.05) is 18.9 Å². The highest BCUT2D eigenvalue weighted by molar-refractivity contribution is 7.91. The fourth-order valence-electron chi connectivity index (χ4n) is 3.92. The van der Waals surface area contributed by atoms with Gasteiger partial charge in [-0.15, -0.1) is 11.3 Å². The van der Waals surface area contributed by atoms with Crippen molar-refractivity contribution in [3.05, 3.63) is 70.6 Å². The first-order chi connectivity index (χ1) is 16.3. The van der Waals surface area contributed by atoms with E-state index in [2.05, 4.69) is 9.97 Å². The van der Waals surface area contributed by atoms with Crippen LogP contribution in [0.2, 0.25) is 4.34 Å². The molecule has 5 rings (SSSR count). The fraction of sp³-hybridized carbons (Fsp3) is 0.227. The standard InChI is InChI=1S/C22H18ClFN4O3S3/c23-19-5-6-20(33-19)34(30,31)28-11-1-2-17(28)21(29)27(13-14-7-9-25-10-8-14)22-26-16-4-3-15(24)12-18(16)32-22/h3-10,12,17H,1-2,11,13H2. The largest absolute Gasteiger partial charge is 0.282 e. The number of benzene rings is 1. The Morgan fingerprint density at radius 2 is 1.97 bits per heavy atom. The number of anilines is 1. The van der Waals surface area contributed by atoms with Crippen LogP contribution in [-0.2, 0) is 21.4 Å². The highest BCUT2D eigenvalue weighted by atomic mass is 35.5. The topological polar surface area (TPSA) is 83.5 Å². The minimum absolute atomic E-state index is 0.105. The number of carbonyl (C=O) groups is 1. The van der Waals surface area contributed by atoms with E-state index >= 15 is 0 Å². The number of thiazole rings is 1. The first-order valence-electron chi connectivity index (χ1n) is 10.4. The van der Waals surface area contributed by atoms with E-state index in [0.717, 1.165) is 16.9 Å². The summed E-state index contributed by atoms with van der Waals surface area (Å²) in [5.41, 5.74) is 1.38. The quantitative estimate of drug-likeness (QED) is 0.349. The van der Waals surface area contributed by atoms with Crippen molar-refractivity contribution in [2.24, 2.45) is 0 Å². The van der Waals surface area contributed by atoms with Crippen LogP contribution in [0.15, 0.2) is 59.1 Å². The van der Waals surface area contributed by atoms with Gasteiger partial charge in [-0.25, -0.2) is 17.8 Å². The van der Waals surface area contributed by atoms with Crippen molar-refractivity contribution in [3.63, 3.8) is 0 Å². The second kappa shape index (κ2) is 9.31. The number of hydrogen-bond acceptors (Lipinski definition) is 7. The normalized spacial score (nSPS) is 16.8. The molecule has 1 fully saturated rings. The first kappa shape index (κ1) is 23.3. The van der Waals surface area contributed by atoms with Gasteiger partial charge in [0.15, 0.2) is 5.13 Å². The Balaban J connectivity index is 1.52. The number of thiophene rings is 1. The van der Waals surface area contributed by atoms with Crippen LogP contribution in [0.5, 0.6) is 0 Å². The highest BCUT2D eigenvalue weighted by Crippen LogP contribution is 2.35. The van der Waals surface area contributed by atoms with E-state index in [1.54, 1.807) is 30.6 Å². The number of pyridine rings is 1. The first-order valence-corrected chi connectivity index (χ1v) is 13.8. The second-order valence-corrected chi connectivity index (χ2v) is 12.6. The number of hydrogen-bond donors (Lipinski definition) is 0. The number of fused-ring (bicyclic) bond motifs is 1. The Morgan fingerprint density at radius 3 is 2.71 bits per heavy atom. The van der Waals surface area contributed by atoms with Crippen molar-refractivity contribution in [1.29, 1.82) is 0 Å². The number of rotatable bonds is 6. The predicted molar refractivity (Wildman–Crippen MR) is 131 cm³/mol. The van der Waals surface area contributed by atoms with Gasteiger partial charge in [-0.05, 0) is 60.9 Å². The predicted octanol–water partition coefficient (Wildman–Crippen LogP) is 4.93. The van der Waals surface area contributed by atoms with E-state index in [9.17, 15) is 17.6 Å². The summed E-state index contributed by atoms with van der Waals surface area (Å²) in [5, 5.41) is 0.380. The lowest BCUT2D eigenvalue weighted by atomic mass is 10.2. The molecule has 34 heavy (non-hydrogen) atoms. The third-order valence-electron chi connectivity index (χ3n) is 5.53. The van der Waals surface area contributed by atoms with Crippen molar-refractivity contribution in [2.45, 2.75) is 29.6 Å². The minimum Gasteiger partial charge on any atom is -0.282 e. The summed E-state index contributed by atoms with van der Waals surface area (Å²) in [6.07, 6.45) is 4.20. The molecule has 1 aliphatic heterocycles. The van der Waals surface area contributed by atoms with Crippen LogP contribution in [0, 0.1) is 5.82 Å². The van der Waals surface area contributed by atoms with Crippen LogP contribution in [0.3, 0.4) is 0 Å². The zero-order chi connectivity index (χ0) is 23.9. The van der Waals surface area contributed by atoms with Gasteiger partial charge in [-0.2, -0.15) is 4.31 Å². The van der Waals surface area contributed by atoms with E-state index in [-0.39, 0.29) is 23.2 Å². The maximum absolute atomic E-state index is 13.9. The molecule has 176 valence electrons. The third-order valence-corrected chi connectivity index (χ3v) is 10.2. The summed E-state index contributed by atoms with van der Waals surface area (Å²) in [6, 6.07) is 9.93. The van der Waals surface area contributed by atoms with Crippen molar-refractivity contribution in [2.75, 3.05) is 11.4 Å². The molecular weight excluding hydrogens is 519 g/mol. The van der Waals surface area contributed by atoms with E-state index in [1.165, 1.54) is 44.8 Å². The molecule has 4 aromatic rings. The average Bonchev–Trinajstić information content (AvgIpc) is 3.57. The van der Waals surface area contributed by atoms with Crippen molar-refractivity contribution in [3.8, 4) is 0 Å². The van der Waals surface area contributed by atoms with Crippen LogP contribution in [-0.4, -0.2) is 41.2 Å². The van der Waals surface area contributed by atoms with Gasteiger partial charge in [0.1, 0.15) is 16.1 Å². The summed E-state index contributed by atoms with van der Waals surface area (Å²) < 4.78 is 42.7.